The molecule has 1 fully saturated rings. The smallest absolute Gasteiger partial charge is 0.252 e. The SMILES string of the molecule is CCOc1c(Cl)cc(C(=O)NC2(c3noc(C)n3)CCCC2)cc1OC. The molecule has 3 rings (SSSR count). The first-order valence-electron chi connectivity index (χ1n) is 8.62. The number of aromatic nitrogens is 2. The predicted molar refractivity (Wildman–Crippen MR) is 95.8 cm³/mol. The number of benzene rings is 1. The van der Waals surface area contributed by atoms with Crippen molar-refractivity contribution in [2.75, 3.05) is 13.7 Å². The lowest BCUT2D eigenvalue weighted by Crippen LogP contribution is -2.44. The van der Waals surface area contributed by atoms with Crippen LogP contribution >= 0.6 is 11.6 Å². The van der Waals surface area contributed by atoms with E-state index in [9.17, 15) is 4.79 Å². The number of rotatable bonds is 6. The number of nitrogens with one attached hydrogen (secondary N) is 1. The zero-order chi connectivity index (χ0) is 18.7. The Morgan fingerprint density at radius 3 is 2.69 bits per heavy atom. The van der Waals surface area contributed by atoms with Gasteiger partial charge in [0, 0.05) is 12.5 Å². The lowest BCUT2D eigenvalue weighted by molar-refractivity contribution is 0.0891. The Morgan fingerprint density at radius 1 is 1.38 bits per heavy atom. The van der Waals surface area contributed by atoms with E-state index in [-0.39, 0.29) is 5.91 Å². The van der Waals surface area contributed by atoms with E-state index in [1.54, 1.807) is 19.1 Å². The highest BCUT2D eigenvalue weighted by Crippen LogP contribution is 2.39. The monoisotopic (exact) mass is 379 g/mol. The summed E-state index contributed by atoms with van der Waals surface area (Å²) in [6.07, 6.45) is 3.50. The van der Waals surface area contributed by atoms with E-state index in [2.05, 4.69) is 15.5 Å². The van der Waals surface area contributed by atoms with Crippen molar-refractivity contribution in [2.24, 2.45) is 0 Å². The van der Waals surface area contributed by atoms with E-state index in [0.717, 1.165) is 25.7 Å². The number of hydrogen-bond acceptors (Lipinski definition) is 6. The van der Waals surface area contributed by atoms with Gasteiger partial charge < -0.3 is 19.3 Å². The van der Waals surface area contributed by atoms with Gasteiger partial charge in [0.2, 0.25) is 5.89 Å². The number of aryl methyl sites for hydroxylation is 1. The third-order valence-electron chi connectivity index (χ3n) is 4.55. The van der Waals surface area contributed by atoms with Gasteiger partial charge in [-0.2, -0.15) is 4.98 Å². The van der Waals surface area contributed by atoms with Crippen LogP contribution in [0.1, 0.15) is 54.7 Å². The third kappa shape index (κ3) is 3.49. The van der Waals surface area contributed by atoms with Crippen LogP contribution in [0.5, 0.6) is 11.5 Å². The Kier molecular flexibility index (Phi) is 5.36. The summed E-state index contributed by atoms with van der Waals surface area (Å²) in [5.41, 5.74) is -0.227. The fraction of sp³-hybridized carbons (Fsp3) is 0.500. The van der Waals surface area contributed by atoms with Gasteiger partial charge in [-0.25, -0.2) is 0 Å². The fourth-order valence-corrected chi connectivity index (χ4v) is 3.57. The molecule has 0 radical (unpaired) electrons. The van der Waals surface area contributed by atoms with E-state index in [1.807, 2.05) is 6.92 Å². The van der Waals surface area contributed by atoms with Gasteiger partial charge in [-0.15, -0.1) is 0 Å². The second kappa shape index (κ2) is 7.53. The lowest BCUT2D eigenvalue weighted by atomic mass is 9.95. The number of hydrogen-bond donors (Lipinski definition) is 1. The molecule has 1 N–H and O–H groups in total. The highest BCUT2D eigenvalue weighted by molar-refractivity contribution is 6.32. The van der Waals surface area contributed by atoms with Crippen molar-refractivity contribution < 1.29 is 18.8 Å². The fourth-order valence-electron chi connectivity index (χ4n) is 3.30. The van der Waals surface area contributed by atoms with Crippen molar-refractivity contribution >= 4 is 17.5 Å². The number of nitrogens with zero attached hydrogens (tertiary/aromatic N) is 2. The van der Waals surface area contributed by atoms with Crippen LogP contribution in [-0.4, -0.2) is 29.8 Å². The molecule has 1 aliphatic rings. The Bertz CT molecular complexity index is 800. The van der Waals surface area contributed by atoms with E-state index >= 15 is 0 Å². The highest BCUT2D eigenvalue weighted by atomic mass is 35.5. The molecule has 0 unspecified atom stereocenters. The van der Waals surface area contributed by atoms with E-state index in [4.69, 9.17) is 25.6 Å². The van der Waals surface area contributed by atoms with Crippen LogP contribution in [0.4, 0.5) is 0 Å². The molecule has 1 aromatic carbocycles. The Labute approximate surface area is 157 Å². The molecule has 1 saturated carbocycles. The molecule has 0 spiro atoms. The van der Waals surface area contributed by atoms with Crippen molar-refractivity contribution in [3.05, 3.63) is 34.4 Å². The summed E-state index contributed by atoms with van der Waals surface area (Å²) in [6, 6.07) is 3.20. The normalized spacial score (nSPS) is 15.7. The average molecular weight is 380 g/mol. The van der Waals surface area contributed by atoms with Crippen LogP contribution in [0.25, 0.3) is 0 Å². The van der Waals surface area contributed by atoms with Gasteiger partial charge in [0.25, 0.3) is 5.91 Å². The van der Waals surface area contributed by atoms with E-state index in [0.29, 0.717) is 40.4 Å². The van der Waals surface area contributed by atoms with Crippen molar-refractivity contribution in [1.82, 2.24) is 15.5 Å². The minimum atomic E-state index is -0.618. The minimum Gasteiger partial charge on any atom is -0.493 e. The largest absolute Gasteiger partial charge is 0.493 e. The quantitative estimate of drug-likeness (QED) is 0.824. The van der Waals surface area contributed by atoms with Crippen LogP contribution < -0.4 is 14.8 Å². The summed E-state index contributed by atoms with van der Waals surface area (Å²) >= 11 is 6.28. The molecule has 26 heavy (non-hydrogen) atoms. The molecule has 8 heteroatoms. The average Bonchev–Trinajstić information content (AvgIpc) is 3.26. The molecule has 0 aliphatic heterocycles. The van der Waals surface area contributed by atoms with Gasteiger partial charge in [0.15, 0.2) is 17.3 Å². The van der Waals surface area contributed by atoms with Gasteiger partial charge >= 0.3 is 0 Å². The molecule has 1 heterocycles. The molecule has 140 valence electrons. The summed E-state index contributed by atoms with van der Waals surface area (Å²) in [6.45, 7) is 4.03. The molecule has 1 amide bonds. The van der Waals surface area contributed by atoms with E-state index < -0.39 is 5.54 Å². The molecular formula is C18H22ClN3O4. The molecule has 0 bridgehead atoms. The van der Waals surface area contributed by atoms with Gasteiger partial charge in [0.1, 0.15) is 5.54 Å². The molecule has 2 aromatic rings. The van der Waals surface area contributed by atoms with Crippen molar-refractivity contribution in [3.8, 4) is 11.5 Å². The van der Waals surface area contributed by atoms with Crippen LogP contribution in [0.2, 0.25) is 5.02 Å². The van der Waals surface area contributed by atoms with Crippen LogP contribution in [0.3, 0.4) is 0 Å². The van der Waals surface area contributed by atoms with Crippen molar-refractivity contribution in [3.63, 3.8) is 0 Å². The van der Waals surface area contributed by atoms with Gasteiger partial charge in [-0.05, 0) is 31.9 Å². The van der Waals surface area contributed by atoms with Crippen LogP contribution in [-0.2, 0) is 5.54 Å². The molecule has 1 aromatic heterocycles. The second-order valence-corrected chi connectivity index (χ2v) is 6.71. The summed E-state index contributed by atoms with van der Waals surface area (Å²) in [5.74, 6) is 1.58. The summed E-state index contributed by atoms with van der Waals surface area (Å²) < 4.78 is 15.9. The topological polar surface area (TPSA) is 86.5 Å². The summed E-state index contributed by atoms with van der Waals surface area (Å²) in [7, 11) is 1.51. The predicted octanol–water partition coefficient (Wildman–Crippen LogP) is 3.64. The minimum absolute atomic E-state index is 0.266. The maximum absolute atomic E-state index is 12.9. The maximum atomic E-state index is 12.9. The number of methoxy groups -OCH3 is 1. The zero-order valence-corrected chi connectivity index (χ0v) is 15.9. The first-order chi connectivity index (χ1) is 12.5. The Morgan fingerprint density at radius 2 is 2.12 bits per heavy atom. The lowest BCUT2D eigenvalue weighted by Gasteiger charge is -2.27. The summed E-state index contributed by atoms with van der Waals surface area (Å²) in [4.78, 5) is 17.3. The second-order valence-electron chi connectivity index (χ2n) is 6.30. The molecular weight excluding hydrogens is 358 g/mol. The van der Waals surface area contributed by atoms with Gasteiger partial charge in [-0.1, -0.05) is 29.6 Å². The van der Waals surface area contributed by atoms with Crippen LogP contribution in [0, 0.1) is 6.92 Å². The number of ether oxygens (including phenoxy) is 2. The maximum Gasteiger partial charge on any atom is 0.252 e. The van der Waals surface area contributed by atoms with Crippen molar-refractivity contribution in [1.29, 1.82) is 0 Å². The number of halogens is 1. The number of amides is 1. The zero-order valence-electron chi connectivity index (χ0n) is 15.1. The van der Waals surface area contributed by atoms with Crippen LogP contribution in [0.15, 0.2) is 16.7 Å². The third-order valence-corrected chi connectivity index (χ3v) is 4.83. The Hall–Kier alpha value is -2.28. The molecule has 0 saturated heterocycles. The Balaban J connectivity index is 1.90. The first kappa shape index (κ1) is 18.5. The first-order valence-corrected chi connectivity index (χ1v) is 9.00. The van der Waals surface area contributed by atoms with Gasteiger partial charge in [-0.3, -0.25) is 4.79 Å². The number of carbonyl (C=O) groups excluding carboxylic acids is 1. The molecule has 7 nitrogen and oxygen atoms in total. The molecule has 0 atom stereocenters. The summed E-state index contributed by atoms with van der Waals surface area (Å²) in [5, 5.41) is 7.45. The highest BCUT2D eigenvalue weighted by Gasteiger charge is 2.41. The molecule has 1 aliphatic carbocycles. The van der Waals surface area contributed by atoms with Crippen molar-refractivity contribution in [2.45, 2.75) is 45.1 Å². The number of carbonyl (C=O) groups is 1. The standard InChI is InChI=1S/C18H22ClN3O4/c1-4-25-15-13(19)9-12(10-14(15)24-3)16(23)21-18(7-5-6-8-18)17-20-11(2)26-22-17/h9-10H,4-8H2,1-3H3,(H,21,23). The van der Waals surface area contributed by atoms with E-state index in [1.165, 1.54) is 7.11 Å². The van der Waals surface area contributed by atoms with Gasteiger partial charge in [0.05, 0.1) is 18.7 Å².